The van der Waals surface area contributed by atoms with Gasteiger partial charge in [-0.25, -0.2) is 4.39 Å². The highest BCUT2D eigenvalue weighted by Gasteiger charge is 2.03. The molecule has 0 aliphatic rings. The molecule has 4 heteroatoms. The van der Waals surface area contributed by atoms with Gasteiger partial charge in [-0.1, -0.05) is 12.1 Å². The number of halogens is 2. The first kappa shape index (κ1) is 11.6. The van der Waals surface area contributed by atoms with Crippen molar-refractivity contribution in [2.24, 2.45) is 0 Å². The standard InChI is InChI=1S/C10H13BrFNO/c11-10-8(3-1-4-9(10)12)7-13-5-2-6-14/h1,3-4,13-14H,2,5-7H2. The summed E-state index contributed by atoms with van der Waals surface area (Å²) in [5.74, 6) is -0.244. The molecule has 78 valence electrons. The van der Waals surface area contributed by atoms with Gasteiger partial charge in [0.05, 0.1) is 4.47 Å². The Balaban J connectivity index is 2.46. The molecule has 0 unspecified atom stereocenters. The predicted molar refractivity (Wildman–Crippen MR) is 57.5 cm³/mol. The smallest absolute Gasteiger partial charge is 0.137 e. The molecule has 1 aromatic carbocycles. The van der Waals surface area contributed by atoms with Crippen LogP contribution >= 0.6 is 15.9 Å². The monoisotopic (exact) mass is 261 g/mol. The van der Waals surface area contributed by atoms with E-state index < -0.39 is 0 Å². The number of nitrogens with one attached hydrogen (secondary N) is 1. The summed E-state index contributed by atoms with van der Waals surface area (Å²) in [6.07, 6.45) is 0.715. The minimum atomic E-state index is -0.244. The Morgan fingerprint density at radius 2 is 2.21 bits per heavy atom. The molecule has 0 amide bonds. The summed E-state index contributed by atoms with van der Waals surface area (Å²) in [4.78, 5) is 0. The van der Waals surface area contributed by atoms with Gasteiger partial charge in [-0.15, -0.1) is 0 Å². The van der Waals surface area contributed by atoms with E-state index >= 15 is 0 Å². The number of aliphatic hydroxyl groups is 1. The molecule has 1 rings (SSSR count). The third-order valence-electron chi connectivity index (χ3n) is 1.86. The van der Waals surface area contributed by atoms with Crippen molar-refractivity contribution < 1.29 is 9.50 Å². The summed E-state index contributed by atoms with van der Waals surface area (Å²) < 4.78 is 13.6. The summed E-state index contributed by atoms with van der Waals surface area (Å²) in [5.41, 5.74) is 0.892. The van der Waals surface area contributed by atoms with Gasteiger partial charge in [0.25, 0.3) is 0 Å². The minimum absolute atomic E-state index is 0.178. The van der Waals surface area contributed by atoms with Gasteiger partial charge < -0.3 is 10.4 Å². The lowest BCUT2D eigenvalue weighted by atomic mass is 10.2. The molecule has 0 atom stereocenters. The number of benzene rings is 1. The van der Waals surface area contributed by atoms with Crippen molar-refractivity contribution in [3.8, 4) is 0 Å². The zero-order valence-corrected chi connectivity index (χ0v) is 9.35. The van der Waals surface area contributed by atoms with Crippen molar-refractivity contribution in [2.45, 2.75) is 13.0 Å². The van der Waals surface area contributed by atoms with Crippen molar-refractivity contribution in [3.63, 3.8) is 0 Å². The Labute approximate surface area is 91.3 Å². The fourth-order valence-corrected chi connectivity index (χ4v) is 1.52. The zero-order valence-electron chi connectivity index (χ0n) is 7.76. The molecule has 2 N–H and O–H groups in total. The molecule has 2 nitrogen and oxygen atoms in total. The first-order valence-electron chi connectivity index (χ1n) is 4.50. The minimum Gasteiger partial charge on any atom is -0.396 e. The van der Waals surface area contributed by atoms with E-state index in [1.54, 1.807) is 6.07 Å². The molecule has 0 fully saturated rings. The van der Waals surface area contributed by atoms with E-state index in [0.29, 0.717) is 17.4 Å². The van der Waals surface area contributed by atoms with E-state index in [4.69, 9.17) is 5.11 Å². The molecule has 0 aliphatic carbocycles. The van der Waals surface area contributed by atoms with E-state index in [1.165, 1.54) is 6.07 Å². The van der Waals surface area contributed by atoms with Crippen molar-refractivity contribution in [1.82, 2.24) is 5.32 Å². The molecule has 0 aromatic heterocycles. The second kappa shape index (κ2) is 6.11. The van der Waals surface area contributed by atoms with Crippen LogP contribution in [-0.2, 0) is 6.54 Å². The Morgan fingerprint density at radius 1 is 1.43 bits per heavy atom. The third kappa shape index (κ3) is 3.36. The summed E-state index contributed by atoms with van der Waals surface area (Å²) in [7, 11) is 0. The van der Waals surface area contributed by atoms with Crippen LogP contribution in [0, 0.1) is 5.82 Å². The molecule has 0 bridgehead atoms. The van der Waals surface area contributed by atoms with E-state index in [0.717, 1.165) is 12.1 Å². The van der Waals surface area contributed by atoms with E-state index in [1.807, 2.05) is 6.07 Å². The summed E-state index contributed by atoms with van der Waals surface area (Å²) in [6.45, 7) is 1.52. The van der Waals surface area contributed by atoms with Gasteiger partial charge >= 0.3 is 0 Å². The van der Waals surface area contributed by atoms with Crippen LogP contribution in [0.15, 0.2) is 22.7 Å². The van der Waals surface area contributed by atoms with Gasteiger partial charge in [-0.05, 0) is 40.5 Å². The van der Waals surface area contributed by atoms with Crippen LogP contribution in [0.2, 0.25) is 0 Å². The summed E-state index contributed by atoms with van der Waals surface area (Å²) in [6, 6.07) is 4.96. The molecule has 0 radical (unpaired) electrons. The molecular weight excluding hydrogens is 249 g/mol. The van der Waals surface area contributed by atoms with Crippen LogP contribution in [0.25, 0.3) is 0 Å². The molecule has 14 heavy (non-hydrogen) atoms. The van der Waals surface area contributed by atoms with Crippen LogP contribution in [0.5, 0.6) is 0 Å². The maximum atomic E-state index is 13.0. The highest BCUT2D eigenvalue weighted by Crippen LogP contribution is 2.19. The lowest BCUT2D eigenvalue weighted by molar-refractivity contribution is 0.286. The van der Waals surface area contributed by atoms with Gasteiger partial charge in [0.1, 0.15) is 5.82 Å². The quantitative estimate of drug-likeness (QED) is 0.796. The molecule has 1 aromatic rings. The molecular formula is C10H13BrFNO. The lowest BCUT2D eigenvalue weighted by Crippen LogP contribution is -2.16. The lowest BCUT2D eigenvalue weighted by Gasteiger charge is -2.06. The van der Waals surface area contributed by atoms with Crippen molar-refractivity contribution >= 4 is 15.9 Å². The second-order valence-corrected chi connectivity index (χ2v) is 3.76. The Hall–Kier alpha value is -0.450. The molecule has 0 aliphatic heterocycles. The molecule has 0 saturated carbocycles. The van der Waals surface area contributed by atoms with Gasteiger partial charge in [-0.3, -0.25) is 0 Å². The van der Waals surface area contributed by atoms with Crippen molar-refractivity contribution in [2.75, 3.05) is 13.2 Å². The van der Waals surface area contributed by atoms with Crippen molar-refractivity contribution in [3.05, 3.63) is 34.1 Å². The number of rotatable bonds is 5. The molecule has 0 spiro atoms. The van der Waals surface area contributed by atoms with Crippen molar-refractivity contribution in [1.29, 1.82) is 0 Å². The highest BCUT2D eigenvalue weighted by molar-refractivity contribution is 9.10. The second-order valence-electron chi connectivity index (χ2n) is 2.97. The van der Waals surface area contributed by atoms with Gasteiger partial charge in [-0.2, -0.15) is 0 Å². The average Bonchev–Trinajstić information content (AvgIpc) is 2.19. The summed E-state index contributed by atoms with van der Waals surface area (Å²) in [5, 5.41) is 11.7. The van der Waals surface area contributed by atoms with E-state index in [-0.39, 0.29) is 12.4 Å². The normalized spacial score (nSPS) is 10.5. The average molecular weight is 262 g/mol. The maximum absolute atomic E-state index is 13.0. The van der Waals surface area contributed by atoms with E-state index in [2.05, 4.69) is 21.2 Å². The van der Waals surface area contributed by atoms with Crippen LogP contribution in [-0.4, -0.2) is 18.3 Å². The van der Waals surface area contributed by atoms with Gasteiger partial charge in [0.15, 0.2) is 0 Å². The number of aliphatic hydroxyl groups excluding tert-OH is 1. The van der Waals surface area contributed by atoms with Crippen LogP contribution in [0.3, 0.4) is 0 Å². The predicted octanol–water partition coefficient (Wildman–Crippen LogP) is 2.06. The maximum Gasteiger partial charge on any atom is 0.137 e. The first-order chi connectivity index (χ1) is 6.75. The largest absolute Gasteiger partial charge is 0.396 e. The highest BCUT2D eigenvalue weighted by atomic mass is 79.9. The van der Waals surface area contributed by atoms with Crippen LogP contribution in [0.1, 0.15) is 12.0 Å². The van der Waals surface area contributed by atoms with E-state index in [9.17, 15) is 4.39 Å². The summed E-state index contributed by atoms with van der Waals surface area (Å²) >= 11 is 3.18. The molecule has 0 saturated heterocycles. The Bertz CT molecular complexity index is 293. The van der Waals surface area contributed by atoms with Gasteiger partial charge in [0.2, 0.25) is 0 Å². The van der Waals surface area contributed by atoms with Crippen LogP contribution < -0.4 is 5.32 Å². The van der Waals surface area contributed by atoms with Gasteiger partial charge in [0, 0.05) is 13.2 Å². The topological polar surface area (TPSA) is 32.3 Å². The SMILES string of the molecule is OCCCNCc1cccc(F)c1Br. The fraction of sp³-hybridized carbons (Fsp3) is 0.400. The zero-order chi connectivity index (χ0) is 10.4. The number of hydrogen-bond donors (Lipinski definition) is 2. The fourth-order valence-electron chi connectivity index (χ4n) is 1.11. The number of hydrogen-bond acceptors (Lipinski definition) is 2. The van der Waals surface area contributed by atoms with Crippen LogP contribution in [0.4, 0.5) is 4.39 Å². The Morgan fingerprint density at radius 3 is 2.93 bits per heavy atom. The molecule has 0 heterocycles. The first-order valence-corrected chi connectivity index (χ1v) is 5.29. The Kier molecular flexibility index (Phi) is 5.07. The third-order valence-corrected chi connectivity index (χ3v) is 2.75.